The number of carbonyl (C=O) groups is 3. The normalized spacial score (nSPS) is 18.6. The molecule has 0 spiro atoms. The molecule has 3 heterocycles. The Morgan fingerprint density at radius 1 is 0.850 bits per heavy atom. The van der Waals surface area contributed by atoms with Gasteiger partial charge in [0.1, 0.15) is 6.54 Å². The Labute approximate surface area is 351 Å². The molecule has 0 unspecified atom stereocenters. The number of allylic oxidation sites excluding steroid dienone is 8. The maximum absolute atomic E-state index is 13.7. The highest BCUT2D eigenvalue weighted by Gasteiger charge is 2.45. The van der Waals surface area contributed by atoms with Crippen LogP contribution in [0.15, 0.2) is 94.4 Å². The summed E-state index contributed by atoms with van der Waals surface area (Å²) < 4.78 is 96.3. The Kier molecular flexibility index (Phi) is 13.6. The molecular weight excluding hydrogens is 837 g/mol. The lowest BCUT2D eigenvalue weighted by molar-refractivity contribution is -0.437. The first-order chi connectivity index (χ1) is 27.9. The van der Waals surface area contributed by atoms with Gasteiger partial charge in [0.05, 0.1) is 21.0 Å². The molecule has 0 atom stereocenters. The number of amides is 2. The highest BCUT2D eigenvalue weighted by atomic mass is 32.2. The summed E-state index contributed by atoms with van der Waals surface area (Å²) >= 11 is 0. The van der Waals surface area contributed by atoms with Crippen molar-refractivity contribution in [1.82, 2.24) is 9.37 Å². The summed E-state index contributed by atoms with van der Waals surface area (Å²) in [6, 6.07) is 9.28. The number of carbonyl (C=O) groups excluding carboxylic acids is 3. The first-order valence-corrected chi connectivity index (χ1v) is 23.8. The van der Waals surface area contributed by atoms with Crippen molar-refractivity contribution < 1.29 is 58.2 Å². The number of hydrogen-bond acceptors (Lipinski definition) is 11. The van der Waals surface area contributed by atoms with Crippen molar-refractivity contribution >= 4 is 65.1 Å². The number of sulfonamides is 1. The Bertz CT molecular complexity index is 2560. The number of hydrogen-bond donors (Lipinski definition) is 2. The lowest BCUT2D eigenvalue weighted by atomic mass is 9.81. The molecule has 324 valence electrons. The maximum Gasteiger partial charge on any atom is 0.333 e. The van der Waals surface area contributed by atoms with E-state index in [0.717, 1.165) is 27.0 Å². The largest absolute Gasteiger partial charge is 0.344 e. The van der Waals surface area contributed by atoms with Crippen LogP contribution in [0.2, 0.25) is 0 Å². The topological polar surface area (TPSA) is 216 Å². The molecule has 2 N–H and O–H groups in total. The third-order valence-corrected chi connectivity index (χ3v) is 14.3. The van der Waals surface area contributed by atoms with Crippen molar-refractivity contribution in [1.29, 1.82) is 0 Å². The molecule has 16 nitrogen and oxygen atoms in total. The van der Waals surface area contributed by atoms with E-state index in [9.17, 15) is 48.7 Å². The fourth-order valence-electron chi connectivity index (χ4n) is 7.65. The van der Waals surface area contributed by atoms with Crippen LogP contribution in [0.1, 0.15) is 77.8 Å². The van der Waals surface area contributed by atoms with Crippen LogP contribution < -0.4 is 4.90 Å². The van der Waals surface area contributed by atoms with Gasteiger partial charge in [0, 0.05) is 80.3 Å². The number of nitrogens with zero attached hydrogens (tertiary/aromatic N) is 4. The van der Waals surface area contributed by atoms with Crippen LogP contribution in [0, 0.1) is 0 Å². The van der Waals surface area contributed by atoms with Crippen molar-refractivity contribution in [3.05, 3.63) is 95.8 Å². The van der Waals surface area contributed by atoms with Gasteiger partial charge in [-0.1, -0.05) is 44.2 Å². The van der Waals surface area contributed by atoms with Crippen LogP contribution in [-0.4, -0.2) is 104 Å². The standard InChI is InChI=1S/C41H50N4O12S3/c1-7-43-33-21-19-30(60(54,55)56)28-32(33)40(2,3)35(43)15-11-9-8-10-12-16-36-41(4,5)31-27-29(18-20-34(31)44(36)25-14-26-58(49,50)51)59(52,53)42(6)24-13-17-39(48)57-45-37(46)22-23-38(45)47/h8-12,15-16,18-21,27-28H,7,13-14,17,22-26H2,1-6H3,(H-,49,50,51,54,55,56)/p+1. The van der Waals surface area contributed by atoms with Gasteiger partial charge in [-0.25, -0.2) is 17.5 Å². The van der Waals surface area contributed by atoms with E-state index in [-0.39, 0.29) is 55.0 Å². The molecular formula is C41H51N4O12S3+. The van der Waals surface area contributed by atoms with Crippen molar-refractivity contribution in [2.24, 2.45) is 0 Å². The lowest BCUT2D eigenvalue weighted by Gasteiger charge is -2.25. The van der Waals surface area contributed by atoms with Gasteiger partial charge in [-0.2, -0.15) is 21.4 Å². The van der Waals surface area contributed by atoms with Crippen LogP contribution in [0.4, 0.5) is 11.4 Å². The summed E-state index contributed by atoms with van der Waals surface area (Å²) in [5.74, 6) is -2.52. The smallest absolute Gasteiger partial charge is 0.333 e. The van der Waals surface area contributed by atoms with Crippen LogP contribution in [-0.2, 0) is 60.3 Å². The Morgan fingerprint density at radius 2 is 1.47 bits per heavy atom. The molecule has 3 aliphatic rings. The summed E-state index contributed by atoms with van der Waals surface area (Å²) in [4.78, 5) is 42.5. The van der Waals surface area contributed by atoms with E-state index in [1.165, 1.54) is 25.2 Å². The van der Waals surface area contributed by atoms with Gasteiger partial charge in [-0.05, 0) is 69.2 Å². The molecule has 0 radical (unpaired) electrons. The molecule has 2 aromatic rings. The second-order valence-corrected chi connectivity index (χ2v) is 20.7. The van der Waals surface area contributed by atoms with Crippen LogP contribution >= 0.6 is 0 Å². The molecule has 0 saturated carbocycles. The maximum atomic E-state index is 13.7. The van der Waals surface area contributed by atoms with Crippen molar-refractivity contribution in [3.63, 3.8) is 0 Å². The van der Waals surface area contributed by atoms with Gasteiger partial charge < -0.3 is 9.74 Å². The minimum absolute atomic E-state index is 0.00368. The van der Waals surface area contributed by atoms with Gasteiger partial charge >= 0.3 is 5.97 Å². The van der Waals surface area contributed by atoms with Gasteiger partial charge in [0.2, 0.25) is 15.7 Å². The van der Waals surface area contributed by atoms with E-state index in [1.807, 2.05) is 81.7 Å². The monoisotopic (exact) mass is 887 g/mol. The molecule has 60 heavy (non-hydrogen) atoms. The molecule has 5 rings (SSSR count). The predicted octanol–water partition coefficient (Wildman–Crippen LogP) is 4.97. The summed E-state index contributed by atoms with van der Waals surface area (Å²) in [6.45, 7) is 10.6. The molecule has 3 aliphatic heterocycles. The van der Waals surface area contributed by atoms with E-state index >= 15 is 0 Å². The molecule has 0 aromatic heterocycles. The summed E-state index contributed by atoms with van der Waals surface area (Å²) in [7, 11) is -11.3. The molecule has 1 saturated heterocycles. The lowest BCUT2D eigenvalue weighted by Crippen LogP contribution is -2.33. The Morgan fingerprint density at radius 3 is 2.10 bits per heavy atom. The molecule has 0 bridgehead atoms. The number of rotatable bonds is 17. The zero-order chi connectivity index (χ0) is 44.4. The Hall–Kier alpha value is -4.79. The number of likely N-dealkylation sites (N-methyl/N-ethyl adjacent to an activating group) is 1. The number of hydroxylamine groups is 2. The first-order valence-electron chi connectivity index (χ1n) is 19.3. The van der Waals surface area contributed by atoms with Crippen molar-refractivity contribution in [2.45, 2.75) is 87.3 Å². The van der Waals surface area contributed by atoms with Crippen molar-refractivity contribution in [2.75, 3.05) is 37.3 Å². The fourth-order valence-corrected chi connectivity index (χ4v) is 9.89. The van der Waals surface area contributed by atoms with Crippen LogP contribution in [0.5, 0.6) is 0 Å². The van der Waals surface area contributed by atoms with E-state index < -0.39 is 64.6 Å². The van der Waals surface area contributed by atoms with Gasteiger partial charge in [0.15, 0.2) is 5.71 Å². The van der Waals surface area contributed by atoms with E-state index in [0.29, 0.717) is 22.9 Å². The molecule has 0 aliphatic carbocycles. The van der Waals surface area contributed by atoms with E-state index in [4.69, 9.17) is 4.84 Å². The van der Waals surface area contributed by atoms with Gasteiger partial charge in [-0.3, -0.25) is 18.7 Å². The summed E-state index contributed by atoms with van der Waals surface area (Å²) in [5, 5.41) is 0.446. The molecule has 1 fully saturated rings. The quantitative estimate of drug-likeness (QED) is 0.0931. The highest BCUT2D eigenvalue weighted by molar-refractivity contribution is 7.89. The number of fused-ring (bicyclic) bond motifs is 2. The predicted molar refractivity (Wildman–Crippen MR) is 224 cm³/mol. The molecule has 2 aromatic carbocycles. The fraction of sp³-hybridized carbons (Fsp3) is 0.415. The zero-order valence-electron chi connectivity index (χ0n) is 34.4. The third kappa shape index (κ3) is 9.87. The second-order valence-electron chi connectivity index (χ2n) is 15.7. The minimum Gasteiger partial charge on any atom is -0.344 e. The van der Waals surface area contributed by atoms with Crippen LogP contribution in [0.25, 0.3) is 0 Å². The van der Waals surface area contributed by atoms with Crippen molar-refractivity contribution in [3.8, 4) is 0 Å². The average molecular weight is 888 g/mol. The van der Waals surface area contributed by atoms with E-state index in [1.54, 1.807) is 18.2 Å². The minimum atomic E-state index is -4.37. The summed E-state index contributed by atoms with van der Waals surface area (Å²) in [5.41, 5.74) is 3.37. The third-order valence-electron chi connectivity index (χ3n) is 10.8. The molecule has 2 amide bonds. The number of anilines is 1. The van der Waals surface area contributed by atoms with Crippen LogP contribution in [0.3, 0.4) is 0 Å². The zero-order valence-corrected chi connectivity index (χ0v) is 36.8. The molecule has 19 heteroatoms. The number of imide groups is 1. The average Bonchev–Trinajstić information content (AvgIpc) is 3.67. The first kappa shape index (κ1) is 46.3. The second kappa shape index (κ2) is 17.7. The highest BCUT2D eigenvalue weighted by Crippen LogP contribution is 2.48. The number of benzene rings is 2. The van der Waals surface area contributed by atoms with Gasteiger partial charge in [0.25, 0.3) is 32.1 Å². The Balaban J connectivity index is 1.32. The SMILES string of the molecule is CCN1/C(=C/C=C/C=C/C=C/C2=[N+](CCCS(=O)(=O)O)c3ccc(S(=O)(=O)N(C)CCCC(=O)ON4C(=O)CCC4=O)cc3C2(C)C)C(C)(C)c2cc(S(=O)(=O)O)ccc21. The van der Waals surface area contributed by atoms with E-state index in [2.05, 4.69) is 4.90 Å². The van der Waals surface area contributed by atoms with Gasteiger partial charge in [-0.15, -0.1) is 5.06 Å². The summed E-state index contributed by atoms with van der Waals surface area (Å²) in [6.07, 6.45) is 12.8.